The van der Waals surface area contributed by atoms with Gasteiger partial charge in [-0.2, -0.15) is 4.98 Å². The van der Waals surface area contributed by atoms with Gasteiger partial charge >= 0.3 is 0 Å². The minimum Gasteiger partial charge on any atom is -0.495 e. The monoisotopic (exact) mass is 615 g/mol. The number of anilines is 2. The summed E-state index contributed by atoms with van der Waals surface area (Å²) in [4.78, 5) is 29.5. The van der Waals surface area contributed by atoms with Crippen molar-refractivity contribution in [3.05, 3.63) is 108 Å². The summed E-state index contributed by atoms with van der Waals surface area (Å²) in [5, 5.41) is 10.2. The molecule has 0 bridgehead atoms. The molecule has 0 atom stereocenters. The topological polar surface area (TPSA) is 132 Å². The first-order valence-corrected chi connectivity index (χ1v) is 15.8. The van der Waals surface area contributed by atoms with Crippen molar-refractivity contribution < 1.29 is 27.1 Å². The van der Waals surface area contributed by atoms with Gasteiger partial charge in [-0.1, -0.05) is 36.4 Å². The second-order valence-corrected chi connectivity index (χ2v) is 12.6. The lowest BCUT2D eigenvalue weighted by molar-refractivity contribution is -0.117. The Bertz CT molecular complexity index is 1920. The maximum absolute atomic E-state index is 13.1. The summed E-state index contributed by atoms with van der Waals surface area (Å²) >= 11 is 0. The summed E-state index contributed by atoms with van der Waals surface area (Å²) in [7, 11) is -1.71. The molecule has 0 aliphatic rings. The summed E-state index contributed by atoms with van der Waals surface area (Å²) in [5.74, 6) is -0.136. The van der Waals surface area contributed by atoms with Gasteiger partial charge in [-0.15, -0.1) is 5.10 Å². The predicted octanol–water partition coefficient (Wildman–Crippen LogP) is 4.42. The van der Waals surface area contributed by atoms with Gasteiger partial charge in [0.05, 0.1) is 18.6 Å². The van der Waals surface area contributed by atoms with Crippen LogP contribution in [0.25, 0.3) is 16.8 Å². The van der Waals surface area contributed by atoms with Crippen molar-refractivity contribution in [1.29, 1.82) is 0 Å². The predicted molar refractivity (Wildman–Crippen MR) is 166 cm³/mol. The van der Waals surface area contributed by atoms with Crippen LogP contribution in [0.5, 0.6) is 5.75 Å². The van der Waals surface area contributed by atoms with Gasteiger partial charge < -0.3 is 15.4 Å². The van der Waals surface area contributed by atoms with Crippen LogP contribution in [0.1, 0.15) is 21.5 Å². The summed E-state index contributed by atoms with van der Waals surface area (Å²) in [6.07, 6.45) is 3.50. The summed E-state index contributed by atoms with van der Waals surface area (Å²) in [6, 6.07) is 22.3. The second-order valence-electron chi connectivity index (χ2n) is 10.3. The number of hydrogen-bond donors (Lipinski definition) is 2. The molecule has 0 fully saturated rings. The number of Topliss-reactive ketones (excluding diaryl/α,β-unsaturated/α-hetero) is 1. The Morgan fingerprint density at radius 3 is 2.23 bits per heavy atom. The minimum absolute atomic E-state index is 0.00974. The Kier molecular flexibility index (Phi) is 9.00. The fourth-order valence-corrected chi connectivity index (χ4v) is 5.02. The van der Waals surface area contributed by atoms with E-state index < -0.39 is 15.7 Å². The molecule has 1 amide bonds. The number of nitrogens with zero attached hydrogens (tertiary/aromatic N) is 3. The zero-order valence-electron chi connectivity index (χ0n) is 24.1. The fourth-order valence-electron chi connectivity index (χ4n) is 4.55. The molecule has 0 spiro atoms. The molecule has 3 aromatic carbocycles. The molecular weight excluding hydrogens is 585 g/mol. The van der Waals surface area contributed by atoms with Crippen molar-refractivity contribution in [2.45, 2.75) is 12.8 Å². The summed E-state index contributed by atoms with van der Waals surface area (Å²) in [6.45, 7) is 0.00974. The van der Waals surface area contributed by atoms with Gasteiger partial charge in [0.15, 0.2) is 5.65 Å². The van der Waals surface area contributed by atoms with Gasteiger partial charge in [0.2, 0.25) is 5.95 Å². The number of aromatic nitrogens is 3. The van der Waals surface area contributed by atoms with Gasteiger partial charge in [-0.05, 0) is 59.2 Å². The van der Waals surface area contributed by atoms with E-state index in [1.165, 1.54) is 19.2 Å². The van der Waals surface area contributed by atoms with Gasteiger partial charge in [0.1, 0.15) is 27.2 Å². The van der Waals surface area contributed by atoms with Crippen molar-refractivity contribution in [3.8, 4) is 16.9 Å². The van der Waals surface area contributed by atoms with Gasteiger partial charge in [-0.3, -0.25) is 9.59 Å². The number of ether oxygens (including phenoxy) is 1. The first kappa shape index (κ1) is 30.4. The number of amides is 1. The number of ketones is 1. The van der Waals surface area contributed by atoms with Crippen LogP contribution in [-0.4, -0.2) is 60.4 Å². The molecule has 0 saturated heterocycles. The minimum atomic E-state index is -3.19. The largest absolute Gasteiger partial charge is 0.495 e. The molecule has 2 aromatic heterocycles. The van der Waals surface area contributed by atoms with E-state index in [4.69, 9.17) is 4.74 Å². The standard InChI is InChI=1S/C32H30FN5O5S/c1-43-29-19-24(31(40)34-15-16-44(2,41)42)9-13-28(29)35-32-36-30-14-10-25(20-38(30)37-32)23-7-3-21(4-8-23)17-27(39)18-22-5-11-26(33)12-6-22/h3-14,19-20H,15-18H2,1-2H3,(H,34,40)(H,35,37). The first-order valence-electron chi connectivity index (χ1n) is 13.7. The Morgan fingerprint density at radius 2 is 1.57 bits per heavy atom. The van der Waals surface area contributed by atoms with Crippen molar-refractivity contribution >= 4 is 38.8 Å². The smallest absolute Gasteiger partial charge is 0.251 e. The van der Waals surface area contributed by atoms with E-state index in [9.17, 15) is 22.4 Å². The quantitative estimate of drug-likeness (QED) is 0.211. The van der Waals surface area contributed by atoms with E-state index in [0.717, 1.165) is 28.5 Å². The number of carbonyl (C=O) groups is 2. The third-order valence-electron chi connectivity index (χ3n) is 6.80. The highest BCUT2D eigenvalue weighted by atomic mass is 32.2. The lowest BCUT2D eigenvalue weighted by Gasteiger charge is -2.11. The number of sulfone groups is 1. The van der Waals surface area contributed by atoms with Crippen LogP contribution in [-0.2, 0) is 27.5 Å². The molecule has 0 saturated carbocycles. The number of halogens is 1. The molecule has 2 heterocycles. The second kappa shape index (κ2) is 13.0. The number of carbonyl (C=O) groups excluding carboxylic acids is 2. The lowest BCUT2D eigenvalue weighted by atomic mass is 10.0. The van der Waals surface area contributed by atoms with Crippen molar-refractivity contribution in [3.63, 3.8) is 0 Å². The zero-order chi connectivity index (χ0) is 31.3. The number of pyridine rings is 1. The molecule has 10 nitrogen and oxygen atoms in total. The molecule has 0 aliphatic carbocycles. The average Bonchev–Trinajstić information content (AvgIpc) is 3.40. The highest BCUT2D eigenvalue weighted by Gasteiger charge is 2.14. The van der Waals surface area contributed by atoms with E-state index in [-0.39, 0.29) is 36.7 Å². The Labute approximate surface area is 253 Å². The number of methoxy groups -OCH3 is 1. The van der Waals surface area contributed by atoms with Crippen LogP contribution in [0.4, 0.5) is 16.0 Å². The molecule has 0 unspecified atom stereocenters. The van der Waals surface area contributed by atoms with E-state index in [2.05, 4.69) is 20.7 Å². The molecule has 44 heavy (non-hydrogen) atoms. The van der Waals surface area contributed by atoms with Gasteiger partial charge in [-0.25, -0.2) is 17.3 Å². The Hall–Kier alpha value is -5.10. The van der Waals surface area contributed by atoms with E-state index in [1.54, 1.807) is 34.8 Å². The van der Waals surface area contributed by atoms with Crippen LogP contribution < -0.4 is 15.4 Å². The van der Waals surface area contributed by atoms with Crippen LogP contribution in [0, 0.1) is 5.82 Å². The van der Waals surface area contributed by atoms with E-state index in [1.807, 2.05) is 42.6 Å². The SMILES string of the molecule is COc1cc(C(=O)NCCS(C)(=O)=O)ccc1Nc1nc2ccc(-c3ccc(CC(=O)Cc4ccc(F)cc4)cc3)cn2n1. The molecule has 5 rings (SSSR count). The normalized spacial score (nSPS) is 11.3. The summed E-state index contributed by atoms with van der Waals surface area (Å²) in [5.41, 5.74) is 4.99. The Morgan fingerprint density at radius 1 is 0.909 bits per heavy atom. The molecule has 2 N–H and O–H groups in total. The fraction of sp³-hybridized carbons (Fsp3) is 0.188. The molecule has 5 aromatic rings. The first-order chi connectivity index (χ1) is 21.1. The van der Waals surface area contributed by atoms with E-state index >= 15 is 0 Å². The number of fused-ring (bicyclic) bond motifs is 1. The maximum Gasteiger partial charge on any atom is 0.251 e. The van der Waals surface area contributed by atoms with Crippen molar-refractivity contribution in [2.75, 3.05) is 31.0 Å². The molecule has 0 radical (unpaired) electrons. The molecule has 12 heteroatoms. The number of rotatable bonds is 12. The maximum atomic E-state index is 13.1. The zero-order valence-corrected chi connectivity index (χ0v) is 24.9. The van der Waals surface area contributed by atoms with Crippen LogP contribution in [0.3, 0.4) is 0 Å². The summed E-state index contributed by atoms with van der Waals surface area (Å²) < 4.78 is 42.8. The van der Waals surface area contributed by atoms with Gasteiger partial charge in [0.25, 0.3) is 5.91 Å². The van der Waals surface area contributed by atoms with Crippen LogP contribution in [0.2, 0.25) is 0 Å². The number of nitrogens with one attached hydrogen (secondary N) is 2. The Balaban J connectivity index is 1.24. The third-order valence-corrected chi connectivity index (χ3v) is 7.75. The highest BCUT2D eigenvalue weighted by Crippen LogP contribution is 2.28. The number of benzene rings is 3. The lowest BCUT2D eigenvalue weighted by Crippen LogP contribution is -2.28. The molecule has 0 aliphatic heterocycles. The number of hydrogen-bond acceptors (Lipinski definition) is 8. The molecule has 226 valence electrons. The average molecular weight is 616 g/mol. The highest BCUT2D eigenvalue weighted by molar-refractivity contribution is 7.90. The van der Waals surface area contributed by atoms with Crippen molar-refractivity contribution in [2.24, 2.45) is 0 Å². The van der Waals surface area contributed by atoms with Crippen molar-refractivity contribution in [1.82, 2.24) is 19.9 Å². The van der Waals surface area contributed by atoms with Crippen LogP contribution in [0.15, 0.2) is 85.1 Å². The van der Waals surface area contributed by atoms with E-state index in [0.29, 0.717) is 28.6 Å². The third kappa shape index (κ3) is 7.84. The molecular formula is C32H30FN5O5S. The van der Waals surface area contributed by atoms with Gasteiger partial charge in [0, 0.05) is 43.0 Å². The van der Waals surface area contributed by atoms with Crippen LogP contribution >= 0.6 is 0 Å².